The number of β-lactam (4-membered cyclic amide) rings is 1. The molecule has 2 aliphatic rings. The molecule has 0 spiro atoms. The highest BCUT2D eigenvalue weighted by atomic mass is 32.2. The lowest BCUT2D eigenvalue weighted by Gasteiger charge is -2.49. The molecule has 198 valence electrons. The van der Waals surface area contributed by atoms with E-state index < -0.39 is 46.9 Å². The monoisotopic (exact) mass is 551 g/mol. The van der Waals surface area contributed by atoms with Crippen LogP contribution < -0.4 is 10.6 Å². The van der Waals surface area contributed by atoms with Crippen molar-refractivity contribution in [2.75, 3.05) is 11.1 Å². The molecule has 0 saturated carbocycles. The van der Waals surface area contributed by atoms with Gasteiger partial charge in [-0.25, -0.2) is 14.6 Å². The summed E-state index contributed by atoms with van der Waals surface area (Å²) >= 11 is 2.28. The number of hydrogen-bond donors (Lipinski definition) is 3. The van der Waals surface area contributed by atoms with E-state index in [-0.39, 0.29) is 28.0 Å². The summed E-state index contributed by atoms with van der Waals surface area (Å²) in [6, 6.07) is -1.04. The summed E-state index contributed by atoms with van der Waals surface area (Å²) in [5, 5.41) is 19.2. The van der Waals surface area contributed by atoms with Gasteiger partial charge >= 0.3 is 11.9 Å². The summed E-state index contributed by atoms with van der Waals surface area (Å²) in [6.07, 6.45) is 0.615. The van der Waals surface area contributed by atoms with Crippen LogP contribution in [0.2, 0.25) is 0 Å². The van der Waals surface area contributed by atoms with Crippen molar-refractivity contribution in [1.29, 1.82) is 0 Å². The fourth-order valence-corrected chi connectivity index (χ4v) is 5.27. The fraction of sp³-hybridized carbons (Fsp3) is 0.409. The molecule has 2 aliphatic heterocycles. The molecular formula is C22H25N5O8S2. The van der Waals surface area contributed by atoms with Gasteiger partial charge in [0.15, 0.2) is 10.8 Å². The average Bonchev–Trinajstić information content (AvgIpc) is 3.28. The Kier molecular flexibility index (Phi) is 8.38. The number of carboxylic acids is 1. The quantitative estimate of drug-likeness (QED) is 0.125. The molecule has 0 bridgehead atoms. The predicted molar refractivity (Wildman–Crippen MR) is 135 cm³/mol. The summed E-state index contributed by atoms with van der Waals surface area (Å²) < 4.78 is 5.24. The van der Waals surface area contributed by atoms with Crippen LogP contribution in [0.1, 0.15) is 33.4 Å². The highest BCUT2D eigenvalue weighted by Crippen LogP contribution is 2.40. The van der Waals surface area contributed by atoms with Crippen LogP contribution in [0.25, 0.3) is 0 Å². The molecular weight excluding hydrogens is 526 g/mol. The number of aromatic nitrogens is 1. The molecule has 1 aromatic rings. The predicted octanol–water partition coefficient (Wildman–Crippen LogP) is 1.09. The number of carboxylic acid groups (broad SMARTS) is 1. The Balaban J connectivity index is 1.82. The van der Waals surface area contributed by atoms with Crippen LogP contribution in [-0.2, 0) is 33.5 Å². The molecule has 15 heteroatoms. The van der Waals surface area contributed by atoms with Crippen molar-refractivity contribution in [3.05, 3.63) is 35.0 Å². The molecule has 37 heavy (non-hydrogen) atoms. The second-order valence-corrected chi connectivity index (χ2v) is 10.7. The number of oxime groups is 1. The minimum Gasteiger partial charge on any atom is -0.477 e. The number of carbonyl (C=O) groups is 5. The Bertz CT molecular complexity index is 1200. The standard InChI is InChI=1S/C22H25N5O8S2/c1-6-11-7-36-18-14(17(30)27(18)15(11)19(31)32)25-16(29)13(12-8-37-21(24-12)23-9-28)26-35-10(2)20(33)34-22(3,4)5/h6,8-10,14,18H,1,7H2,2-5H3,(H,25,29)(H,31,32)(H,23,24,28)/t10?,14?,18-/m0/s1. The maximum Gasteiger partial charge on any atom is 0.352 e. The molecule has 3 heterocycles. The van der Waals surface area contributed by atoms with Crippen molar-refractivity contribution in [3.8, 4) is 0 Å². The van der Waals surface area contributed by atoms with Crippen molar-refractivity contribution < 1.29 is 38.7 Å². The lowest BCUT2D eigenvalue weighted by Crippen LogP contribution is -2.71. The summed E-state index contributed by atoms with van der Waals surface area (Å²) in [5.41, 5.74) is -0.897. The lowest BCUT2D eigenvalue weighted by molar-refractivity contribution is -0.167. The molecule has 0 aromatic carbocycles. The minimum atomic E-state index is -1.28. The van der Waals surface area contributed by atoms with Gasteiger partial charge in [0.2, 0.25) is 12.5 Å². The van der Waals surface area contributed by atoms with Crippen LogP contribution in [0.3, 0.4) is 0 Å². The summed E-state index contributed by atoms with van der Waals surface area (Å²) in [4.78, 5) is 71.2. The molecule has 0 radical (unpaired) electrons. The van der Waals surface area contributed by atoms with Crippen LogP contribution in [0.5, 0.6) is 0 Å². The number of fused-ring (bicyclic) bond motifs is 1. The average molecular weight is 552 g/mol. The second-order valence-electron chi connectivity index (χ2n) is 8.77. The van der Waals surface area contributed by atoms with E-state index in [9.17, 15) is 29.1 Å². The number of allylic oxidation sites excluding steroid dienone is 1. The molecule has 3 rings (SSSR count). The molecule has 2 unspecified atom stereocenters. The van der Waals surface area contributed by atoms with E-state index in [1.165, 1.54) is 30.1 Å². The van der Waals surface area contributed by atoms with Gasteiger partial charge in [-0.1, -0.05) is 17.8 Å². The smallest absolute Gasteiger partial charge is 0.352 e. The van der Waals surface area contributed by atoms with Crippen molar-refractivity contribution >= 4 is 64.1 Å². The summed E-state index contributed by atoms with van der Waals surface area (Å²) in [7, 11) is 0. The van der Waals surface area contributed by atoms with Gasteiger partial charge in [-0.15, -0.1) is 23.1 Å². The Hall–Kier alpha value is -3.72. The zero-order valence-corrected chi connectivity index (χ0v) is 22.0. The van der Waals surface area contributed by atoms with Crippen LogP contribution in [0, 0.1) is 0 Å². The molecule has 1 fully saturated rings. The van der Waals surface area contributed by atoms with Crippen LogP contribution in [0.4, 0.5) is 5.13 Å². The fourth-order valence-electron chi connectivity index (χ4n) is 3.27. The van der Waals surface area contributed by atoms with E-state index in [2.05, 4.69) is 27.4 Å². The summed E-state index contributed by atoms with van der Waals surface area (Å²) in [6.45, 7) is 10.0. The number of thiazole rings is 1. The van der Waals surface area contributed by atoms with Crippen molar-refractivity contribution in [2.45, 2.75) is 50.8 Å². The number of anilines is 1. The molecule has 13 nitrogen and oxygen atoms in total. The topological polar surface area (TPSA) is 177 Å². The Morgan fingerprint density at radius 1 is 1.38 bits per heavy atom. The third-order valence-corrected chi connectivity index (χ3v) is 6.99. The molecule has 1 aromatic heterocycles. The van der Waals surface area contributed by atoms with E-state index in [4.69, 9.17) is 9.57 Å². The third kappa shape index (κ3) is 6.17. The first-order valence-electron chi connectivity index (χ1n) is 10.8. The molecule has 3 atom stereocenters. The first-order valence-corrected chi connectivity index (χ1v) is 12.8. The minimum absolute atomic E-state index is 0.0169. The van der Waals surface area contributed by atoms with Crippen LogP contribution >= 0.6 is 23.1 Å². The normalized spacial score (nSPS) is 20.3. The van der Waals surface area contributed by atoms with Crippen LogP contribution in [-0.4, -0.2) is 79.7 Å². The number of carbonyl (C=O) groups excluding carboxylic acids is 4. The van der Waals surface area contributed by atoms with Gasteiger partial charge in [0.25, 0.3) is 11.8 Å². The maximum atomic E-state index is 13.2. The van der Waals surface area contributed by atoms with E-state index in [1.807, 2.05) is 0 Å². The van der Waals surface area contributed by atoms with E-state index >= 15 is 0 Å². The van der Waals surface area contributed by atoms with Crippen molar-refractivity contribution in [3.63, 3.8) is 0 Å². The van der Waals surface area contributed by atoms with E-state index in [1.54, 1.807) is 20.8 Å². The van der Waals surface area contributed by atoms with E-state index in [0.717, 1.165) is 16.2 Å². The number of esters is 1. The number of nitrogens with zero attached hydrogens (tertiary/aromatic N) is 3. The molecule has 3 amide bonds. The molecule has 1 saturated heterocycles. The Labute approximate surface area is 219 Å². The van der Waals surface area contributed by atoms with Crippen LogP contribution in [0.15, 0.2) is 34.5 Å². The highest BCUT2D eigenvalue weighted by molar-refractivity contribution is 8.00. The Morgan fingerprint density at radius 2 is 2.08 bits per heavy atom. The number of nitrogens with one attached hydrogen (secondary N) is 2. The third-order valence-electron chi connectivity index (χ3n) is 4.92. The van der Waals surface area contributed by atoms with Gasteiger partial charge in [-0.3, -0.25) is 19.3 Å². The van der Waals surface area contributed by atoms with Gasteiger partial charge in [-0.2, -0.15) is 0 Å². The lowest BCUT2D eigenvalue weighted by atomic mass is 10.0. The van der Waals surface area contributed by atoms with Gasteiger partial charge in [0.1, 0.15) is 28.4 Å². The molecule has 0 aliphatic carbocycles. The number of aliphatic carboxylic acids is 1. The van der Waals surface area contributed by atoms with Gasteiger partial charge in [0.05, 0.1) is 0 Å². The molecule has 3 N–H and O–H groups in total. The van der Waals surface area contributed by atoms with Gasteiger partial charge < -0.3 is 25.3 Å². The van der Waals surface area contributed by atoms with Crippen molar-refractivity contribution in [2.24, 2.45) is 5.16 Å². The first-order chi connectivity index (χ1) is 17.4. The highest BCUT2D eigenvalue weighted by Gasteiger charge is 2.54. The summed E-state index contributed by atoms with van der Waals surface area (Å²) in [5.74, 6) is -3.18. The van der Waals surface area contributed by atoms with E-state index in [0.29, 0.717) is 12.0 Å². The number of thioether (sulfide) groups is 1. The SMILES string of the molecule is C=CC1=C(C(=O)O)N2C(=O)C(NC(=O)C(=NOC(C)C(=O)OC(C)(C)C)c3csc(NC=O)n3)[C@@H]2SC1. The number of hydrogen-bond acceptors (Lipinski definition) is 11. The zero-order chi connectivity index (χ0) is 27.5. The number of rotatable bonds is 10. The largest absolute Gasteiger partial charge is 0.477 e. The van der Waals surface area contributed by atoms with Gasteiger partial charge in [-0.05, 0) is 33.3 Å². The number of ether oxygens (including phenoxy) is 1. The maximum absolute atomic E-state index is 13.2. The Morgan fingerprint density at radius 3 is 2.68 bits per heavy atom. The second kappa shape index (κ2) is 11.1. The van der Waals surface area contributed by atoms with Crippen molar-refractivity contribution in [1.82, 2.24) is 15.2 Å². The number of amides is 3. The first kappa shape index (κ1) is 27.9. The van der Waals surface area contributed by atoms with Gasteiger partial charge in [0, 0.05) is 11.1 Å². The zero-order valence-electron chi connectivity index (χ0n) is 20.3.